The lowest BCUT2D eigenvalue weighted by Gasteiger charge is -2.23. The van der Waals surface area contributed by atoms with Crippen molar-refractivity contribution in [1.82, 2.24) is 0 Å². The predicted octanol–water partition coefficient (Wildman–Crippen LogP) is 3.92. The third-order valence-corrected chi connectivity index (χ3v) is 3.26. The summed E-state index contributed by atoms with van der Waals surface area (Å²) in [5, 5.41) is 0. The van der Waals surface area contributed by atoms with Crippen LogP contribution in [0.1, 0.15) is 43.5 Å². The molecule has 1 rings (SSSR count). The molecular weight excluding hydrogens is 283 g/mol. The first-order chi connectivity index (χ1) is 9.64. The van der Waals surface area contributed by atoms with Gasteiger partial charge in [0.15, 0.2) is 5.78 Å². The van der Waals surface area contributed by atoms with Gasteiger partial charge >= 0.3 is 6.36 Å². The summed E-state index contributed by atoms with van der Waals surface area (Å²) in [4.78, 5) is 12.1. The quantitative estimate of drug-likeness (QED) is 0.777. The van der Waals surface area contributed by atoms with E-state index in [1.807, 2.05) is 13.8 Å². The Kier molecular flexibility index (Phi) is 5.78. The molecule has 0 unspecified atom stereocenters. The molecule has 0 amide bonds. The van der Waals surface area contributed by atoms with Crippen LogP contribution in [0.25, 0.3) is 0 Å². The minimum atomic E-state index is -4.81. The summed E-state index contributed by atoms with van der Waals surface area (Å²) in [6, 6.07) is 5.41. The Labute approximate surface area is 122 Å². The van der Waals surface area contributed by atoms with Crippen molar-refractivity contribution in [2.45, 2.75) is 39.5 Å². The Morgan fingerprint density at radius 3 is 2.38 bits per heavy atom. The fourth-order valence-electron chi connectivity index (χ4n) is 2.01. The van der Waals surface area contributed by atoms with E-state index in [1.165, 1.54) is 18.2 Å². The molecule has 0 atom stereocenters. The summed E-state index contributed by atoms with van der Waals surface area (Å²) in [6.45, 7) is 4.46. The Hall–Kier alpha value is -1.56. The van der Waals surface area contributed by atoms with Gasteiger partial charge < -0.3 is 10.5 Å². The number of Topliss-reactive ketones (excluding diaryl/α,β-unsaturated/α-hetero) is 1. The van der Waals surface area contributed by atoms with E-state index in [2.05, 4.69) is 4.74 Å². The lowest BCUT2D eigenvalue weighted by atomic mass is 9.83. The molecule has 6 heteroatoms. The first-order valence-corrected chi connectivity index (χ1v) is 6.73. The lowest BCUT2D eigenvalue weighted by Crippen LogP contribution is -2.20. The van der Waals surface area contributed by atoms with Gasteiger partial charge in [-0.3, -0.25) is 4.79 Å². The zero-order valence-electron chi connectivity index (χ0n) is 12.2. The van der Waals surface area contributed by atoms with E-state index in [9.17, 15) is 18.0 Å². The van der Waals surface area contributed by atoms with Crippen LogP contribution in [-0.2, 0) is 0 Å². The minimum Gasteiger partial charge on any atom is -0.405 e. The van der Waals surface area contributed by atoms with Gasteiger partial charge in [0.25, 0.3) is 0 Å². The highest BCUT2D eigenvalue weighted by atomic mass is 19.4. The average Bonchev–Trinajstić information content (AvgIpc) is 2.35. The topological polar surface area (TPSA) is 52.3 Å². The predicted molar refractivity (Wildman–Crippen MR) is 74.1 cm³/mol. The highest BCUT2D eigenvalue weighted by Crippen LogP contribution is 2.30. The number of para-hydroxylation sites is 1. The molecule has 0 aliphatic rings. The fraction of sp³-hybridized carbons (Fsp3) is 0.533. The zero-order valence-corrected chi connectivity index (χ0v) is 12.2. The van der Waals surface area contributed by atoms with Crippen molar-refractivity contribution in [1.29, 1.82) is 0 Å². The van der Waals surface area contributed by atoms with Gasteiger partial charge in [0.1, 0.15) is 5.75 Å². The average molecular weight is 303 g/mol. The highest BCUT2D eigenvalue weighted by Gasteiger charge is 2.32. The molecule has 21 heavy (non-hydrogen) atoms. The fourth-order valence-corrected chi connectivity index (χ4v) is 2.01. The molecule has 0 aliphatic heterocycles. The molecule has 0 saturated heterocycles. The van der Waals surface area contributed by atoms with E-state index in [0.29, 0.717) is 13.0 Å². The number of nitrogens with two attached hydrogens (primary N) is 1. The number of ketones is 1. The van der Waals surface area contributed by atoms with Crippen molar-refractivity contribution in [3.8, 4) is 5.75 Å². The minimum absolute atomic E-state index is 0.0432. The molecule has 2 N–H and O–H groups in total. The van der Waals surface area contributed by atoms with Crippen LogP contribution in [0.3, 0.4) is 0 Å². The van der Waals surface area contributed by atoms with E-state index >= 15 is 0 Å². The second kappa shape index (κ2) is 6.93. The number of rotatable bonds is 7. The van der Waals surface area contributed by atoms with Gasteiger partial charge in [-0.25, -0.2) is 0 Å². The smallest absolute Gasteiger partial charge is 0.405 e. The van der Waals surface area contributed by atoms with E-state index in [-0.39, 0.29) is 23.2 Å². The first kappa shape index (κ1) is 17.5. The maximum absolute atomic E-state index is 12.3. The molecular formula is C15H20F3NO2. The number of halogens is 3. The van der Waals surface area contributed by atoms with Gasteiger partial charge in [-0.2, -0.15) is 0 Å². The zero-order chi connectivity index (χ0) is 16.1. The van der Waals surface area contributed by atoms with Gasteiger partial charge in [-0.05, 0) is 36.9 Å². The van der Waals surface area contributed by atoms with Crippen LogP contribution in [0, 0.1) is 5.41 Å². The van der Waals surface area contributed by atoms with Crippen molar-refractivity contribution >= 4 is 5.78 Å². The van der Waals surface area contributed by atoms with Crippen LogP contribution in [0.4, 0.5) is 13.2 Å². The van der Waals surface area contributed by atoms with Crippen LogP contribution in [-0.4, -0.2) is 18.7 Å². The Morgan fingerprint density at radius 2 is 1.81 bits per heavy atom. The van der Waals surface area contributed by atoms with E-state index in [1.54, 1.807) is 0 Å². The maximum atomic E-state index is 12.3. The molecule has 0 heterocycles. The van der Waals surface area contributed by atoms with Gasteiger partial charge in [0.05, 0.1) is 5.56 Å². The maximum Gasteiger partial charge on any atom is 0.573 e. The molecule has 1 aromatic carbocycles. The number of carbonyl (C=O) groups excluding carboxylic acids is 1. The summed E-state index contributed by atoms with van der Waals surface area (Å²) < 4.78 is 40.8. The van der Waals surface area contributed by atoms with Crippen LogP contribution in [0.15, 0.2) is 24.3 Å². The van der Waals surface area contributed by atoms with Crippen molar-refractivity contribution in [3.63, 3.8) is 0 Å². The lowest BCUT2D eigenvalue weighted by molar-refractivity contribution is -0.274. The van der Waals surface area contributed by atoms with Crippen molar-refractivity contribution in [2.75, 3.05) is 6.54 Å². The van der Waals surface area contributed by atoms with Crippen LogP contribution in [0.2, 0.25) is 0 Å². The number of hydrogen-bond acceptors (Lipinski definition) is 3. The number of benzene rings is 1. The van der Waals surface area contributed by atoms with Crippen molar-refractivity contribution in [3.05, 3.63) is 29.8 Å². The standard InChI is InChI=1S/C15H20F3NO2/c1-14(2,9-10-19)8-7-12(20)11-5-3-4-6-13(11)21-15(16,17)18/h3-6H,7-10,19H2,1-2H3. The highest BCUT2D eigenvalue weighted by molar-refractivity contribution is 5.98. The molecule has 0 radical (unpaired) electrons. The molecule has 0 spiro atoms. The van der Waals surface area contributed by atoms with Gasteiger partial charge in [0, 0.05) is 6.42 Å². The van der Waals surface area contributed by atoms with E-state index in [0.717, 1.165) is 12.5 Å². The summed E-state index contributed by atoms with van der Waals surface area (Å²) in [7, 11) is 0. The number of hydrogen-bond donors (Lipinski definition) is 1. The second-order valence-electron chi connectivity index (χ2n) is 5.67. The van der Waals surface area contributed by atoms with Gasteiger partial charge in [-0.15, -0.1) is 13.2 Å². The molecule has 0 saturated carbocycles. The summed E-state index contributed by atoms with van der Waals surface area (Å²) in [6.07, 6.45) is -3.34. The number of alkyl halides is 3. The van der Waals surface area contributed by atoms with Gasteiger partial charge in [0.2, 0.25) is 0 Å². The Balaban J connectivity index is 2.79. The second-order valence-corrected chi connectivity index (χ2v) is 5.67. The first-order valence-electron chi connectivity index (χ1n) is 6.73. The number of carbonyl (C=O) groups is 1. The molecule has 0 fully saturated rings. The monoisotopic (exact) mass is 303 g/mol. The molecule has 0 aromatic heterocycles. The molecule has 3 nitrogen and oxygen atoms in total. The van der Waals surface area contributed by atoms with Crippen LogP contribution < -0.4 is 10.5 Å². The molecule has 0 bridgehead atoms. The van der Waals surface area contributed by atoms with Crippen molar-refractivity contribution < 1.29 is 22.7 Å². The summed E-state index contributed by atoms with van der Waals surface area (Å²) in [5.41, 5.74) is 5.33. The van der Waals surface area contributed by atoms with Gasteiger partial charge in [-0.1, -0.05) is 26.0 Å². The molecule has 0 aliphatic carbocycles. The Bertz CT molecular complexity index is 484. The van der Waals surface area contributed by atoms with E-state index in [4.69, 9.17) is 5.73 Å². The van der Waals surface area contributed by atoms with Crippen LogP contribution in [0.5, 0.6) is 5.75 Å². The molecule has 1 aromatic rings. The number of ether oxygens (including phenoxy) is 1. The van der Waals surface area contributed by atoms with Crippen molar-refractivity contribution in [2.24, 2.45) is 11.1 Å². The summed E-state index contributed by atoms with van der Waals surface area (Å²) in [5.74, 6) is -0.813. The SMILES string of the molecule is CC(C)(CCN)CCC(=O)c1ccccc1OC(F)(F)F. The van der Waals surface area contributed by atoms with E-state index < -0.39 is 12.1 Å². The largest absolute Gasteiger partial charge is 0.573 e. The molecule has 118 valence electrons. The van der Waals surface area contributed by atoms with Crippen LogP contribution >= 0.6 is 0 Å². The third-order valence-electron chi connectivity index (χ3n) is 3.26. The summed E-state index contributed by atoms with van der Waals surface area (Å²) >= 11 is 0. The Morgan fingerprint density at radius 1 is 1.19 bits per heavy atom. The third kappa shape index (κ3) is 6.16. The normalized spacial score (nSPS) is 12.3.